The number of halogens is 2. The van der Waals surface area contributed by atoms with Gasteiger partial charge in [-0.2, -0.15) is 0 Å². The van der Waals surface area contributed by atoms with Gasteiger partial charge in [-0.25, -0.2) is 13.1 Å². The first-order valence-electron chi connectivity index (χ1n) is 11.9. The van der Waals surface area contributed by atoms with Crippen LogP contribution in [0.3, 0.4) is 0 Å². The van der Waals surface area contributed by atoms with E-state index in [-0.39, 0.29) is 41.3 Å². The van der Waals surface area contributed by atoms with Crippen LogP contribution in [0.1, 0.15) is 34.5 Å². The van der Waals surface area contributed by atoms with Crippen molar-refractivity contribution in [1.82, 2.24) is 15.0 Å². The number of nitrogens with one attached hydrogen (secondary N) is 2. The predicted octanol–water partition coefficient (Wildman–Crippen LogP) is 4.97. The Morgan fingerprint density at radius 2 is 1.49 bits per heavy atom. The molecule has 1 amide bonds. The topological polar surface area (TPSA) is 108 Å². The van der Waals surface area contributed by atoms with Gasteiger partial charge in [0.25, 0.3) is 15.9 Å². The van der Waals surface area contributed by atoms with Crippen molar-refractivity contribution < 1.29 is 18.3 Å². The minimum absolute atomic E-state index is 0. The molecule has 0 saturated heterocycles. The summed E-state index contributed by atoms with van der Waals surface area (Å²) in [5.41, 5.74) is 4.02. The second kappa shape index (κ2) is 14.8. The Morgan fingerprint density at radius 1 is 0.872 bits per heavy atom. The monoisotopic (exact) mass is 587 g/mol. The van der Waals surface area contributed by atoms with E-state index in [1.165, 1.54) is 12.1 Å². The molecule has 0 aliphatic heterocycles. The predicted molar refractivity (Wildman–Crippen MR) is 158 cm³/mol. The lowest BCUT2D eigenvalue weighted by molar-refractivity contribution is 0.0981. The number of aliphatic hydroxyl groups is 1. The molecular weight excluding hydrogens is 557 g/mol. The van der Waals surface area contributed by atoms with E-state index in [1.54, 1.807) is 60.9 Å². The number of pyridine rings is 1. The molecule has 1 heterocycles. The van der Waals surface area contributed by atoms with E-state index >= 15 is 0 Å². The van der Waals surface area contributed by atoms with Crippen molar-refractivity contribution in [3.05, 3.63) is 120 Å². The highest BCUT2D eigenvalue weighted by molar-refractivity contribution is 7.90. The van der Waals surface area contributed by atoms with Crippen LogP contribution in [0, 0.1) is 0 Å². The Balaban J connectivity index is 0.00000267. The summed E-state index contributed by atoms with van der Waals surface area (Å²) in [6, 6.07) is 26.5. The number of carbonyl (C=O) groups excluding carboxylic acids is 1. The molecule has 0 spiro atoms. The lowest BCUT2D eigenvalue weighted by Crippen LogP contribution is -2.32. The zero-order valence-electron chi connectivity index (χ0n) is 21.2. The fourth-order valence-electron chi connectivity index (χ4n) is 3.92. The molecule has 0 bridgehead atoms. The van der Waals surface area contributed by atoms with Crippen LogP contribution < -0.4 is 10.0 Å². The summed E-state index contributed by atoms with van der Waals surface area (Å²) in [6.07, 6.45) is 3.52. The molecule has 0 unspecified atom stereocenters. The van der Waals surface area contributed by atoms with Crippen LogP contribution in [0.25, 0.3) is 11.1 Å². The number of aromatic nitrogens is 1. The highest BCUT2D eigenvalue weighted by Gasteiger charge is 2.18. The molecule has 0 saturated carbocycles. The molecule has 39 heavy (non-hydrogen) atoms. The molecule has 0 aliphatic carbocycles. The third-order valence-corrected chi connectivity index (χ3v) is 7.33. The second-order valence-electron chi connectivity index (χ2n) is 8.84. The van der Waals surface area contributed by atoms with E-state index in [9.17, 15) is 18.3 Å². The minimum Gasteiger partial charge on any atom is -0.387 e. The fraction of sp³-hybridized carbons (Fsp3) is 0.172. The van der Waals surface area contributed by atoms with Gasteiger partial charge in [0.15, 0.2) is 0 Å². The highest BCUT2D eigenvalue weighted by atomic mass is 35.5. The van der Waals surface area contributed by atoms with E-state index in [2.05, 4.69) is 21.9 Å². The maximum Gasteiger partial charge on any atom is 0.264 e. The molecule has 0 aliphatic rings. The van der Waals surface area contributed by atoms with E-state index in [1.807, 2.05) is 30.3 Å². The molecule has 2 atom stereocenters. The Labute approximate surface area is 241 Å². The highest BCUT2D eigenvalue weighted by Crippen LogP contribution is 2.22. The fourth-order valence-corrected chi connectivity index (χ4v) is 4.89. The van der Waals surface area contributed by atoms with Gasteiger partial charge in [-0.05, 0) is 60.4 Å². The maximum absolute atomic E-state index is 12.6. The lowest BCUT2D eigenvalue weighted by atomic mass is 10.0. The number of rotatable bonds is 10. The molecule has 3 N–H and O–H groups in total. The van der Waals surface area contributed by atoms with Gasteiger partial charge in [0, 0.05) is 36.1 Å². The van der Waals surface area contributed by atoms with Gasteiger partial charge < -0.3 is 10.4 Å². The molecule has 0 fully saturated rings. The van der Waals surface area contributed by atoms with Gasteiger partial charge in [0.05, 0.1) is 11.0 Å². The van der Waals surface area contributed by atoms with Gasteiger partial charge in [-0.15, -0.1) is 24.8 Å². The zero-order valence-corrected chi connectivity index (χ0v) is 23.7. The van der Waals surface area contributed by atoms with Crippen molar-refractivity contribution in [1.29, 1.82) is 0 Å². The van der Waals surface area contributed by atoms with E-state index < -0.39 is 22.0 Å². The minimum atomic E-state index is -3.98. The number of benzene rings is 3. The van der Waals surface area contributed by atoms with Crippen LogP contribution >= 0.6 is 24.8 Å². The number of hydrogen-bond donors (Lipinski definition) is 3. The van der Waals surface area contributed by atoms with Gasteiger partial charge >= 0.3 is 0 Å². The van der Waals surface area contributed by atoms with E-state index in [0.29, 0.717) is 6.54 Å². The van der Waals surface area contributed by atoms with Crippen LogP contribution in [-0.4, -0.2) is 37.0 Å². The Bertz CT molecular complexity index is 1420. The second-order valence-corrected chi connectivity index (χ2v) is 10.5. The number of carbonyl (C=O) groups is 1. The molecule has 4 aromatic rings. The van der Waals surface area contributed by atoms with Crippen LogP contribution in [0.5, 0.6) is 0 Å². The molecule has 7 nitrogen and oxygen atoms in total. The first kappa shape index (κ1) is 31.9. The first-order chi connectivity index (χ1) is 17.8. The third kappa shape index (κ3) is 8.88. The molecule has 4 rings (SSSR count). The van der Waals surface area contributed by atoms with Crippen LogP contribution in [0.2, 0.25) is 0 Å². The summed E-state index contributed by atoms with van der Waals surface area (Å²) in [7, 11) is -3.98. The molecule has 0 radical (unpaired) electrons. The van der Waals surface area contributed by atoms with Gasteiger partial charge in [0.1, 0.15) is 0 Å². The van der Waals surface area contributed by atoms with Crippen LogP contribution in [0.15, 0.2) is 108 Å². The van der Waals surface area contributed by atoms with Crippen molar-refractivity contribution in [3.8, 4) is 11.1 Å². The van der Waals surface area contributed by atoms with Crippen molar-refractivity contribution in [2.75, 3.05) is 6.54 Å². The molecule has 3 aromatic carbocycles. The number of sulfonamides is 1. The van der Waals surface area contributed by atoms with Crippen molar-refractivity contribution in [2.45, 2.75) is 30.4 Å². The quantitative estimate of drug-likeness (QED) is 0.242. The normalized spacial score (nSPS) is 12.4. The summed E-state index contributed by atoms with van der Waals surface area (Å²) < 4.78 is 27.4. The summed E-state index contributed by atoms with van der Waals surface area (Å²) in [6.45, 7) is 2.51. The van der Waals surface area contributed by atoms with Crippen LogP contribution in [-0.2, 0) is 16.4 Å². The van der Waals surface area contributed by atoms with E-state index in [4.69, 9.17) is 0 Å². The molecule has 206 valence electrons. The van der Waals surface area contributed by atoms with Crippen LogP contribution in [0.4, 0.5) is 0 Å². The average Bonchev–Trinajstić information content (AvgIpc) is 2.93. The number of nitrogens with zero attached hydrogens (tertiary/aromatic N) is 1. The summed E-state index contributed by atoms with van der Waals surface area (Å²) >= 11 is 0. The molecule has 10 heteroatoms. The smallest absolute Gasteiger partial charge is 0.264 e. The van der Waals surface area contributed by atoms with Crippen molar-refractivity contribution >= 4 is 40.7 Å². The van der Waals surface area contributed by atoms with Crippen molar-refractivity contribution in [2.24, 2.45) is 0 Å². The molecular formula is C29H31Cl2N3O4S. The van der Waals surface area contributed by atoms with E-state index in [0.717, 1.165) is 28.7 Å². The summed E-state index contributed by atoms with van der Waals surface area (Å²) in [5.74, 6) is -0.671. The number of aliphatic hydroxyl groups excluding tert-OH is 1. The standard InChI is InChI=1S/C29H29N3O4S.2ClH/c1-21(31-20-28(33)26-8-5-17-30-19-26)18-22-9-11-23(12-10-22)24-13-15-27(16-14-24)37(35,36)32-29(34)25-6-3-2-4-7-25;;/h2-17,19,21,28,31,33H,18,20H2,1H3,(H,32,34);2*1H/t21-,28-;;/m1../s1. The lowest BCUT2D eigenvalue weighted by Gasteiger charge is -2.17. The number of amides is 1. The Hall–Kier alpha value is -3.27. The third-order valence-electron chi connectivity index (χ3n) is 5.99. The average molecular weight is 589 g/mol. The zero-order chi connectivity index (χ0) is 26.3. The first-order valence-corrected chi connectivity index (χ1v) is 13.4. The maximum atomic E-state index is 12.6. The largest absolute Gasteiger partial charge is 0.387 e. The Kier molecular flexibility index (Phi) is 12.1. The summed E-state index contributed by atoms with van der Waals surface area (Å²) in [4.78, 5) is 16.3. The summed E-state index contributed by atoms with van der Waals surface area (Å²) in [5, 5.41) is 13.7. The van der Waals surface area contributed by atoms with Gasteiger partial charge in [-0.1, -0.05) is 60.7 Å². The van der Waals surface area contributed by atoms with Gasteiger partial charge in [-0.3, -0.25) is 9.78 Å². The van der Waals surface area contributed by atoms with Gasteiger partial charge in [0.2, 0.25) is 0 Å². The Morgan fingerprint density at radius 3 is 2.08 bits per heavy atom. The SMILES string of the molecule is C[C@H](Cc1ccc(-c2ccc(S(=O)(=O)NC(=O)c3ccccc3)cc2)cc1)NC[C@@H](O)c1cccnc1.Cl.Cl. The number of hydrogen-bond acceptors (Lipinski definition) is 6. The van der Waals surface area contributed by atoms with Crippen molar-refractivity contribution in [3.63, 3.8) is 0 Å². The molecule has 1 aromatic heterocycles.